The molecule has 1 nitrogen and oxygen atoms in total. The van der Waals surface area contributed by atoms with Gasteiger partial charge >= 0.3 is 0 Å². The summed E-state index contributed by atoms with van der Waals surface area (Å²) in [5.74, 6) is 0.649. The van der Waals surface area contributed by atoms with Crippen molar-refractivity contribution >= 4 is 0 Å². The fraction of sp³-hybridized carbons (Fsp3) is 0.667. The van der Waals surface area contributed by atoms with E-state index >= 15 is 0 Å². The van der Waals surface area contributed by atoms with E-state index in [1.807, 2.05) is 13.8 Å². The van der Waals surface area contributed by atoms with Gasteiger partial charge in [-0.15, -0.1) is 0 Å². The maximum Gasteiger partial charge on any atom is 0.0227 e. The van der Waals surface area contributed by atoms with Crippen LogP contribution in [-0.4, -0.2) is 19.0 Å². The highest BCUT2D eigenvalue weighted by molar-refractivity contribution is 5.26. The molecule has 0 heterocycles. The third kappa shape index (κ3) is 6.24. The Morgan fingerprint density at radius 3 is 1.79 bits per heavy atom. The van der Waals surface area contributed by atoms with E-state index in [4.69, 9.17) is 0 Å². The van der Waals surface area contributed by atoms with Crippen molar-refractivity contribution in [1.29, 1.82) is 0 Å². The Balaban J connectivity index is 0.00000154. The summed E-state index contributed by atoms with van der Waals surface area (Å²) >= 11 is 0. The molecule has 1 unspecified atom stereocenters. The van der Waals surface area contributed by atoms with Crippen molar-refractivity contribution in [1.82, 2.24) is 4.90 Å². The van der Waals surface area contributed by atoms with Crippen molar-refractivity contribution < 1.29 is 0 Å². The number of hydrogen-bond acceptors (Lipinski definition) is 1. The first-order valence-electron chi connectivity index (χ1n) is 7.58. The first kappa shape index (κ1) is 18.2. The molecule has 0 aromatic heterocycles. The first-order valence-corrected chi connectivity index (χ1v) is 7.58. The third-order valence-electron chi connectivity index (χ3n) is 3.33. The van der Waals surface area contributed by atoms with Crippen LogP contribution in [0.1, 0.15) is 65.0 Å². The lowest BCUT2D eigenvalue weighted by molar-refractivity contribution is 0.312. The van der Waals surface area contributed by atoms with E-state index in [1.165, 1.54) is 17.5 Å². The van der Waals surface area contributed by atoms with Gasteiger partial charge in [0.05, 0.1) is 0 Å². The Kier molecular flexibility index (Phi) is 8.01. The van der Waals surface area contributed by atoms with Gasteiger partial charge in [-0.1, -0.05) is 65.8 Å². The number of nitrogens with zero attached hydrogens (tertiary/aromatic N) is 1. The van der Waals surface area contributed by atoms with Gasteiger partial charge in [-0.2, -0.15) is 0 Å². The summed E-state index contributed by atoms with van der Waals surface area (Å²) < 4.78 is 0. The summed E-state index contributed by atoms with van der Waals surface area (Å²) in [6.45, 7) is 14.3. The van der Waals surface area contributed by atoms with E-state index in [0.717, 1.165) is 6.54 Å². The fourth-order valence-electron chi connectivity index (χ4n) is 2.57. The van der Waals surface area contributed by atoms with Crippen molar-refractivity contribution in [2.75, 3.05) is 14.1 Å². The van der Waals surface area contributed by atoms with Crippen molar-refractivity contribution in [3.8, 4) is 0 Å². The van der Waals surface area contributed by atoms with Crippen molar-refractivity contribution in [2.24, 2.45) is 5.41 Å². The second-order valence-electron chi connectivity index (χ2n) is 6.31. The van der Waals surface area contributed by atoms with Crippen LogP contribution in [0.4, 0.5) is 0 Å². The van der Waals surface area contributed by atoms with Gasteiger partial charge in [-0.05, 0) is 43.0 Å². The van der Waals surface area contributed by atoms with Crippen molar-refractivity contribution in [2.45, 2.75) is 60.4 Å². The monoisotopic (exact) mass is 263 g/mol. The predicted molar refractivity (Wildman–Crippen MR) is 87.7 cm³/mol. The number of benzene rings is 1. The molecule has 19 heavy (non-hydrogen) atoms. The molecule has 1 atom stereocenters. The lowest BCUT2D eigenvalue weighted by Gasteiger charge is -2.30. The maximum atomic E-state index is 2.33. The van der Waals surface area contributed by atoms with Gasteiger partial charge in [0, 0.05) is 6.54 Å². The Bertz CT molecular complexity index is 330. The van der Waals surface area contributed by atoms with Gasteiger partial charge in [-0.3, -0.25) is 0 Å². The lowest BCUT2D eigenvalue weighted by Crippen LogP contribution is -2.18. The summed E-state index contributed by atoms with van der Waals surface area (Å²) in [6.07, 6.45) is 1.20. The smallest absolute Gasteiger partial charge is 0.0227 e. The van der Waals surface area contributed by atoms with E-state index in [2.05, 4.69) is 71.0 Å². The average Bonchev–Trinajstić information content (AvgIpc) is 2.32. The molecular weight excluding hydrogens is 230 g/mol. The van der Waals surface area contributed by atoms with Gasteiger partial charge in [0.1, 0.15) is 0 Å². The number of rotatable bonds is 4. The zero-order valence-corrected chi connectivity index (χ0v) is 14.2. The van der Waals surface area contributed by atoms with E-state index < -0.39 is 0 Å². The quantitative estimate of drug-likeness (QED) is 0.711. The molecule has 110 valence electrons. The SMILES string of the molecule is CC.CCC(c1ccc(CN(C)C)cc1)C(C)(C)C. The van der Waals surface area contributed by atoms with E-state index in [0.29, 0.717) is 11.3 Å². The van der Waals surface area contributed by atoms with Crippen LogP contribution in [-0.2, 0) is 6.54 Å². The molecule has 1 heteroatoms. The topological polar surface area (TPSA) is 3.24 Å². The molecule has 0 radical (unpaired) electrons. The Morgan fingerprint density at radius 1 is 1.00 bits per heavy atom. The van der Waals surface area contributed by atoms with Crippen LogP contribution >= 0.6 is 0 Å². The van der Waals surface area contributed by atoms with E-state index in [1.54, 1.807) is 0 Å². The summed E-state index contributed by atoms with van der Waals surface area (Å²) in [5, 5.41) is 0. The largest absolute Gasteiger partial charge is 0.305 e. The van der Waals surface area contributed by atoms with Crippen LogP contribution in [0.25, 0.3) is 0 Å². The minimum atomic E-state index is 0.345. The molecule has 0 fully saturated rings. The van der Waals surface area contributed by atoms with Crippen LogP contribution in [0.15, 0.2) is 24.3 Å². The molecule has 0 aliphatic carbocycles. The van der Waals surface area contributed by atoms with Gasteiger partial charge < -0.3 is 4.90 Å². The minimum Gasteiger partial charge on any atom is -0.305 e. The molecule has 1 aromatic rings. The average molecular weight is 263 g/mol. The van der Waals surface area contributed by atoms with Gasteiger partial charge in [0.2, 0.25) is 0 Å². The van der Waals surface area contributed by atoms with Crippen molar-refractivity contribution in [3.63, 3.8) is 0 Å². The summed E-state index contributed by atoms with van der Waals surface area (Å²) in [6, 6.07) is 9.14. The molecule has 0 saturated carbocycles. The molecule has 1 rings (SSSR count). The Morgan fingerprint density at radius 2 is 1.47 bits per heavy atom. The number of hydrogen-bond donors (Lipinski definition) is 0. The standard InChI is InChI=1S/C16H27N.C2H6/c1-7-15(16(2,3)4)14-10-8-13(9-11-14)12-17(5)6;1-2/h8-11,15H,7,12H2,1-6H3;1-2H3. The van der Waals surface area contributed by atoms with Gasteiger partial charge in [-0.25, -0.2) is 0 Å². The molecule has 0 saturated heterocycles. The van der Waals surface area contributed by atoms with Gasteiger partial charge in [0.25, 0.3) is 0 Å². The molecule has 0 amide bonds. The molecule has 0 spiro atoms. The first-order chi connectivity index (χ1) is 8.84. The lowest BCUT2D eigenvalue weighted by atomic mass is 9.75. The molecule has 0 N–H and O–H groups in total. The summed E-state index contributed by atoms with van der Waals surface area (Å²) in [4.78, 5) is 2.20. The third-order valence-corrected chi connectivity index (χ3v) is 3.33. The zero-order chi connectivity index (χ0) is 15.1. The van der Waals surface area contributed by atoms with E-state index in [-0.39, 0.29) is 0 Å². The highest BCUT2D eigenvalue weighted by atomic mass is 15.0. The maximum absolute atomic E-state index is 2.33. The molecule has 1 aromatic carbocycles. The van der Waals surface area contributed by atoms with Crippen LogP contribution in [0.2, 0.25) is 0 Å². The molecule has 0 bridgehead atoms. The van der Waals surface area contributed by atoms with Crippen LogP contribution < -0.4 is 0 Å². The highest BCUT2D eigenvalue weighted by Gasteiger charge is 2.24. The van der Waals surface area contributed by atoms with Crippen molar-refractivity contribution in [3.05, 3.63) is 35.4 Å². The molecular formula is C18H33N. The second kappa shape index (κ2) is 8.37. The van der Waals surface area contributed by atoms with Crippen LogP contribution in [0, 0.1) is 5.41 Å². The fourth-order valence-corrected chi connectivity index (χ4v) is 2.57. The zero-order valence-electron chi connectivity index (χ0n) is 14.2. The predicted octanol–water partition coefficient (Wildman–Crippen LogP) is 5.31. The molecule has 0 aliphatic heterocycles. The second-order valence-corrected chi connectivity index (χ2v) is 6.31. The Hall–Kier alpha value is -0.820. The molecule has 0 aliphatic rings. The van der Waals surface area contributed by atoms with Crippen LogP contribution in [0.5, 0.6) is 0 Å². The summed E-state index contributed by atoms with van der Waals surface area (Å²) in [7, 11) is 4.22. The highest BCUT2D eigenvalue weighted by Crippen LogP contribution is 2.37. The minimum absolute atomic E-state index is 0.345. The normalized spacial score (nSPS) is 12.9. The van der Waals surface area contributed by atoms with E-state index in [9.17, 15) is 0 Å². The Labute approximate surface area is 121 Å². The summed E-state index contributed by atoms with van der Waals surface area (Å²) in [5.41, 5.74) is 3.21. The van der Waals surface area contributed by atoms with Crippen LogP contribution in [0.3, 0.4) is 0 Å². The van der Waals surface area contributed by atoms with Gasteiger partial charge in [0.15, 0.2) is 0 Å².